The van der Waals surface area contributed by atoms with Gasteiger partial charge in [-0.2, -0.15) is 0 Å². The van der Waals surface area contributed by atoms with Crippen LogP contribution in [0.5, 0.6) is 0 Å². The Bertz CT molecular complexity index is 669. The number of benzene rings is 1. The highest BCUT2D eigenvalue weighted by Gasteiger charge is 2.51. The van der Waals surface area contributed by atoms with Crippen molar-refractivity contribution in [3.8, 4) is 0 Å². The number of nitrogens with one attached hydrogen (secondary N) is 1. The maximum absolute atomic E-state index is 13.5. The van der Waals surface area contributed by atoms with Crippen LogP contribution < -0.4 is 5.32 Å². The molecular weight excluding hydrogens is 326 g/mol. The number of carbonyl (C=O) groups excluding carboxylic acids is 1. The number of carbonyl (C=O) groups is 1. The topological polar surface area (TPSA) is 41.6 Å². The summed E-state index contributed by atoms with van der Waals surface area (Å²) in [7, 11) is 0. The van der Waals surface area contributed by atoms with Crippen molar-refractivity contribution in [3.63, 3.8) is 0 Å². The van der Waals surface area contributed by atoms with Crippen molar-refractivity contribution in [2.75, 3.05) is 32.8 Å². The summed E-state index contributed by atoms with van der Waals surface area (Å²) in [5.74, 6) is -1.12. The van der Waals surface area contributed by atoms with Gasteiger partial charge < -0.3 is 15.0 Å². The second kappa shape index (κ2) is 6.65. The molecule has 2 aliphatic heterocycles. The SMILES string of the molecule is O=C(N1CCOC(c2ccc(F)c(F)c2)C1)[C@@]12CCCC[C@H]1CNC2. The van der Waals surface area contributed by atoms with Crippen molar-refractivity contribution < 1.29 is 18.3 Å². The number of hydrogen-bond donors (Lipinski definition) is 1. The summed E-state index contributed by atoms with van der Waals surface area (Å²) < 4.78 is 32.4. The maximum Gasteiger partial charge on any atom is 0.230 e. The number of rotatable bonds is 2. The van der Waals surface area contributed by atoms with Gasteiger partial charge in [0.1, 0.15) is 6.10 Å². The monoisotopic (exact) mass is 350 g/mol. The van der Waals surface area contributed by atoms with Gasteiger partial charge in [0.05, 0.1) is 18.6 Å². The molecule has 3 fully saturated rings. The number of hydrogen-bond acceptors (Lipinski definition) is 3. The normalized spacial score (nSPS) is 32.5. The number of amides is 1. The average molecular weight is 350 g/mol. The van der Waals surface area contributed by atoms with Gasteiger partial charge in [0.25, 0.3) is 0 Å². The van der Waals surface area contributed by atoms with Crippen LogP contribution in [0.15, 0.2) is 18.2 Å². The Morgan fingerprint density at radius 1 is 1.28 bits per heavy atom. The van der Waals surface area contributed by atoms with E-state index in [4.69, 9.17) is 4.74 Å². The molecule has 0 radical (unpaired) electrons. The van der Waals surface area contributed by atoms with E-state index in [0.717, 1.165) is 38.4 Å². The van der Waals surface area contributed by atoms with Gasteiger partial charge in [0.15, 0.2) is 11.6 Å². The molecule has 4 nitrogen and oxygen atoms in total. The van der Waals surface area contributed by atoms with Gasteiger partial charge >= 0.3 is 0 Å². The Morgan fingerprint density at radius 2 is 2.16 bits per heavy atom. The summed E-state index contributed by atoms with van der Waals surface area (Å²) >= 11 is 0. The molecule has 1 amide bonds. The highest BCUT2D eigenvalue weighted by Crippen LogP contribution is 2.45. The third kappa shape index (κ3) is 2.95. The minimum atomic E-state index is -0.879. The Labute approximate surface area is 146 Å². The number of morpholine rings is 1. The van der Waals surface area contributed by atoms with Crippen LogP contribution in [0.3, 0.4) is 0 Å². The van der Waals surface area contributed by atoms with Gasteiger partial charge in [-0.05, 0) is 43.0 Å². The van der Waals surface area contributed by atoms with E-state index in [-0.39, 0.29) is 11.3 Å². The van der Waals surface area contributed by atoms with E-state index in [2.05, 4.69) is 5.32 Å². The molecule has 0 aromatic heterocycles. The van der Waals surface area contributed by atoms with E-state index < -0.39 is 17.7 Å². The molecule has 0 bridgehead atoms. The average Bonchev–Trinajstić information content (AvgIpc) is 3.08. The zero-order chi connectivity index (χ0) is 17.4. The van der Waals surface area contributed by atoms with Gasteiger partial charge in [0.2, 0.25) is 5.91 Å². The predicted octanol–water partition coefficient (Wildman–Crippen LogP) is 2.64. The molecule has 1 unspecified atom stereocenters. The third-order valence-electron chi connectivity index (χ3n) is 6.13. The molecule has 1 aromatic carbocycles. The van der Waals surface area contributed by atoms with Gasteiger partial charge in [-0.15, -0.1) is 0 Å². The molecule has 2 saturated heterocycles. The summed E-state index contributed by atoms with van der Waals surface area (Å²) in [5, 5.41) is 3.41. The first-order valence-corrected chi connectivity index (χ1v) is 9.17. The smallest absolute Gasteiger partial charge is 0.230 e. The first kappa shape index (κ1) is 16.9. The molecule has 6 heteroatoms. The highest BCUT2D eigenvalue weighted by molar-refractivity contribution is 5.84. The van der Waals surface area contributed by atoms with Crippen molar-refractivity contribution in [1.29, 1.82) is 0 Å². The van der Waals surface area contributed by atoms with Crippen LogP contribution in [0, 0.1) is 23.0 Å². The standard InChI is InChI=1S/C19H24F2N2O2/c20-15-5-4-13(9-16(15)21)17-11-23(7-8-25-17)18(24)19-6-2-1-3-14(19)10-22-12-19/h4-5,9,14,17,22H,1-3,6-8,10-12H2/t14-,17?,19+/m0/s1. The van der Waals surface area contributed by atoms with E-state index in [1.54, 1.807) is 0 Å². The first-order chi connectivity index (χ1) is 12.1. The Morgan fingerprint density at radius 3 is 3.00 bits per heavy atom. The molecule has 1 N–H and O–H groups in total. The summed E-state index contributed by atoms with van der Waals surface area (Å²) in [6.45, 7) is 3.06. The Hall–Kier alpha value is -1.53. The lowest BCUT2D eigenvalue weighted by molar-refractivity contribution is -0.153. The lowest BCUT2D eigenvalue weighted by Crippen LogP contribution is -2.53. The molecular formula is C19H24F2N2O2. The fraction of sp³-hybridized carbons (Fsp3) is 0.632. The van der Waals surface area contributed by atoms with Crippen LogP contribution in [0.1, 0.15) is 37.4 Å². The van der Waals surface area contributed by atoms with Crippen molar-refractivity contribution in [2.24, 2.45) is 11.3 Å². The summed E-state index contributed by atoms with van der Waals surface area (Å²) in [6, 6.07) is 3.83. The number of halogens is 2. The first-order valence-electron chi connectivity index (χ1n) is 9.17. The molecule has 1 saturated carbocycles. The van der Waals surface area contributed by atoms with Crippen LogP contribution in [-0.2, 0) is 9.53 Å². The van der Waals surface area contributed by atoms with E-state index in [9.17, 15) is 13.6 Å². The van der Waals surface area contributed by atoms with Crippen molar-refractivity contribution in [2.45, 2.75) is 31.8 Å². The summed E-state index contributed by atoms with van der Waals surface area (Å²) in [4.78, 5) is 15.2. The number of ether oxygens (including phenoxy) is 1. The fourth-order valence-corrected chi connectivity index (χ4v) is 4.73. The molecule has 1 aromatic rings. The zero-order valence-corrected chi connectivity index (χ0v) is 14.3. The molecule has 3 aliphatic rings. The number of nitrogens with zero attached hydrogens (tertiary/aromatic N) is 1. The van der Waals surface area contributed by atoms with E-state index in [1.165, 1.54) is 18.6 Å². The lowest BCUT2D eigenvalue weighted by atomic mass is 9.67. The second-order valence-electron chi connectivity index (χ2n) is 7.51. The molecule has 4 rings (SSSR count). The molecule has 25 heavy (non-hydrogen) atoms. The largest absolute Gasteiger partial charge is 0.370 e. The van der Waals surface area contributed by atoms with Crippen LogP contribution in [-0.4, -0.2) is 43.6 Å². The Kier molecular flexibility index (Phi) is 4.50. The van der Waals surface area contributed by atoms with Gasteiger partial charge in [-0.1, -0.05) is 18.9 Å². The Balaban J connectivity index is 1.52. The third-order valence-corrected chi connectivity index (χ3v) is 6.13. The number of fused-ring (bicyclic) bond motifs is 1. The molecule has 1 aliphatic carbocycles. The van der Waals surface area contributed by atoms with Crippen molar-refractivity contribution in [3.05, 3.63) is 35.4 Å². The van der Waals surface area contributed by atoms with Gasteiger partial charge in [-0.25, -0.2) is 8.78 Å². The molecule has 2 heterocycles. The quantitative estimate of drug-likeness (QED) is 0.892. The van der Waals surface area contributed by atoms with Gasteiger partial charge in [0, 0.05) is 13.1 Å². The maximum atomic E-state index is 13.5. The van der Waals surface area contributed by atoms with Crippen LogP contribution in [0.4, 0.5) is 8.78 Å². The van der Waals surface area contributed by atoms with Crippen LogP contribution >= 0.6 is 0 Å². The zero-order valence-electron chi connectivity index (χ0n) is 14.3. The van der Waals surface area contributed by atoms with Crippen LogP contribution in [0.2, 0.25) is 0 Å². The molecule has 3 atom stereocenters. The van der Waals surface area contributed by atoms with E-state index in [1.807, 2.05) is 4.90 Å². The second-order valence-corrected chi connectivity index (χ2v) is 7.51. The predicted molar refractivity (Wildman–Crippen MR) is 88.9 cm³/mol. The molecule has 0 spiro atoms. The summed E-state index contributed by atoms with van der Waals surface area (Å²) in [6.07, 6.45) is 3.94. The van der Waals surface area contributed by atoms with Crippen molar-refractivity contribution >= 4 is 5.91 Å². The molecule has 136 valence electrons. The highest BCUT2D eigenvalue weighted by atomic mass is 19.2. The fourth-order valence-electron chi connectivity index (χ4n) is 4.73. The minimum absolute atomic E-state index is 0.207. The van der Waals surface area contributed by atoms with Crippen LogP contribution in [0.25, 0.3) is 0 Å². The van der Waals surface area contributed by atoms with E-state index in [0.29, 0.717) is 31.2 Å². The van der Waals surface area contributed by atoms with E-state index >= 15 is 0 Å². The minimum Gasteiger partial charge on any atom is -0.370 e. The summed E-state index contributed by atoms with van der Waals surface area (Å²) in [5.41, 5.74) is 0.299. The van der Waals surface area contributed by atoms with Gasteiger partial charge in [-0.3, -0.25) is 4.79 Å². The lowest BCUT2D eigenvalue weighted by Gasteiger charge is -2.43. The van der Waals surface area contributed by atoms with Crippen molar-refractivity contribution in [1.82, 2.24) is 10.2 Å².